The van der Waals surface area contributed by atoms with Gasteiger partial charge in [-0.05, 0) is 38.1 Å². The maximum Gasteiger partial charge on any atom is 0.252 e. The molecule has 0 spiro atoms. The van der Waals surface area contributed by atoms with Gasteiger partial charge in [0.2, 0.25) is 0 Å². The van der Waals surface area contributed by atoms with Gasteiger partial charge in [-0.2, -0.15) is 0 Å². The minimum Gasteiger partial charge on any atom is -0.342 e. The third-order valence-electron chi connectivity index (χ3n) is 4.16. The summed E-state index contributed by atoms with van der Waals surface area (Å²) in [7, 11) is 0. The zero-order valence-corrected chi connectivity index (χ0v) is 14.0. The van der Waals surface area contributed by atoms with Gasteiger partial charge in [-0.15, -0.1) is 10.2 Å². The van der Waals surface area contributed by atoms with E-state index in [0.717, 1.165) is 22.2 Å². The van der Waals surface area contributed by atoms with Crippen molar-refractivity contribution in [2.45, 2.75) is 19.9 Å². The van der Waals surface area contributed by atoms with E-state index < -0.39 is 0 Å². The Balaban J connectivity index is 1.68. The van der Waals surface area contributed by atoms with E-state index in [2.05, 4.69) is 20.5 Å². The molecule has 0 radical (unpaired) electrons. The maximum atomic E-state index is 12.9. The molecule has 4 aromatic rings. The van der Waals surface area contributed by atoms with Crippen molar-refractivity contribution in [2.24, 2.45) is 0 Å². The molecule has 0 aliphatic rings. The first kappa shape index (κ1) is 15.3. The lowest BCUT2D eigenvalue weighted by molar-refractivity contribution is 0.0939. The van der Waals surface area contributed by atoms with Crippen LogP contribution >= 0.6 is 0 Å². The van der Waals surface area contributed by atoms with Crippen LogP contribution < -0.4 is 5.32 Å². The second-order valence-electron chi connectivity index (χ2n) is 6.01. The van der Waals surface area contributed by atoms with E-state index in [1.54, 1.807) is 0 Å². The lowest BCUT2D eigenvalue weighted by Gasteiger charge is -2.14. The molecule has 25 heavy (non-hydrogen) atoms. The lowest BCUT2D eigenvalue weighted by atomic mass is 10.1. The van der Waals surface area contributed by atoms with Crippen molar-refractivity contribution >= 4 is 22.5 Å². The average Bonchev–Trinajstić information content (AvgIpc) is 3.05. The summed E-state index contributed by atoms with van der Waals surface area (Å²) >= 11 is 0. The molecule has 3 heterocycles. The van der Waals surface area contributed by atoms with Crippen LogP contribution in [0, 0.1) is 6.92 Å². The Morgan fingerprint density at radius 2 is 1.92 bits per heavy atom. The minimum absolute atomic E-state index is 0.151. The van der Waals surface area contributed by atoms with E-state index in [4.69, 9.17) is 0 Å². The van der Waals surface area contributed by atoms with Crippen LogP contribution in [0.3, 0.4) is 0 Å². The number of benzene rings is 1. The van der Waals surface area contributed by atoms with Crippen molar-refractivity contribution in [3.63, 3.8) is 0 Å². The number of aryl methyl sites for hydroxylation is 1. The van der Waals surface area contributed by atoms with Crippen LogP contribution in [0.2, 0.25) is 0 Å². The molecule has 0 saturated heterocycles. The number of aromatic nitrogens is 4. The fourth-order valence-corrected chi connectivity index (χ4v) is 2.99. The Labute approximate surface area is 144 Å². The van der Waals surface area contributed by atoms with Crippen LogP contribution in [-0.2, 0) is 0 Å². The van der Waals surface area contributed by atoms with Gasteiger partial charge in [0.15, 0.2) is 11.5 Å². The fraction of sp³-hybridized carbons (Fsp3) is 0.158. The fourth-order valence-electron chi connectivity index (χ4n) is 2.99. The van der Waals surface area contributed by atoms with Crippen LogP contribution in [0.5, 0.6) is 0 Å². The molecular formula is C19H17N5O. The number of nitrogens with zero attached hydrogens (tertiary/aromatic N) is 4. The van der Waals surface area contributed by atoms with Gasteiger partial charge in [0.05, 0.1) is 17.1 Å². The molecule has 6 nitrogen and oxygen atoms in total. The number of hydrogen-bond donors (Lipinski definition) is 1. The summed E-state index contributed by atoms with van der Waals surface area (Å²) in [5.41, 5.74) is 2.99. The van der Waals surface area contributed by atoms with Gasteiger partial charge in [-0.25, -0.2) is 0 Å². The van der Waals surface area contributed by atoms with Crippen molar-refractivity contribution in [3.05, 3.63) is 71.8 Å². The highest BCUT2D eigenvalue weighted by atomic mass is 16.1. The Hall–Kier alpha value is -3.28. The molecule has 0 unspecified atom stereocenters. The molecule has 0 aliphatic heterocycles. The van der Waals surface area contributed by atoms with E-state index in [0.29, 0.717) is 11.4 Å². The van der Waals surface area contributed by atoms with E-state index in [-0.39, 0.29) is 11.9 Å². The molecule has 1 N–H and O–H groups in total. The van der Waals surface area contributed by atoms with Gasteiger partial charge in [0.25, 0.3) is 5.91 Å². The van der Waals surface area contributed by atoms with Gasteiger partial charge in [0, 0.05) is 17.3 Å². The van der Waals surface area contributed by atoms with Crippen LogP contribution in [-0.4, -0.2) is 25.5 Å². The third-order valence-corrected chi connectivity index (χ3v) is 4.16. The van der Waals surface area contributed by atoms with Gasteiger partial charge in [-0.1, -0.05) is 24.3 Å². The minimum atomic E-state index is -0.280. The average molecular weight is 331 g/mol. The standard InChI is InChI=1S/C19H17N5O/c1-12-11-15(14-7-3-4-8-16(14)20-12)19(25)21-13(2)18-23-22-17-9-5-6-10-24(17)18/h3-11,13H,1-2H3,(H,21,25)/t13-/m1/s1. The number of hydrogen-bond acceptors (Lipinski definition) is 4. The Morgan fingerprint density at radius 1 is 1.12 bits per heavy atom. The lowest BCUT2D eigenvalue weighted by Crippen LogP contribution is -2.28. The van der Waals surface area contributed by atoms with Gasteiger partial charge in [0.1, 0.15) is 0 Å². The summed E-state index contributed by atoms with van der Waals surface area (Å²) < 4.78 is 1.88. The normalized spacial score (nSPS) is 12.4. The number of carbonyl (C=O) groups is 1. The summed E-state index contributed by atoms with van der Waals surface area (Å²) in [5.74, 6) is 0.543. The number of amides is 1. The summed E-state index contributed by atoms with van der Waals surface area (Å²) in [6, 6.07) is 14.9. The molecule has 6 heteroatoms. The molecule has 124 valence electrons. The summed E-state index contributed by atoms with van der Waals surface area (Å²) in [5, 5.41) is 12.2. The van der Waals surface area contributed by atoms with E-state index in [1.807, 2.05) is 73.0 Å². The first-order valence-electron chi connectivity index (χ1n) is 8.10. The van der Waals surface area contributed by atoms with Crippen LogP contribution in [0.1, 0.15) is 34.8 Å². The highest BCUT2D eigenvalue weighted by Gasteiger charge is 2.18. The maximum absolute atomic E-state index is 12.9. The zero-order valence-electron chi connectivity index (χ0n) is 14.0. The molecule has 1 atom stereocenters. The van der Waals surface area contributed by atoms with Crippen molar-refractivity contribution in [1.82, 2.24) is 24.9 Å². The number of nitrogens with one attached hydrogen (secondary N) is 1. The number of fused-ring (bicyclic) bond motifs is 2. The van der Waals surface area contributed by atoms with E-state index >= 15 is 0 Å². The summed E-state index contributed by atoms with van der Waals surface area (Å²) in [6.07, 6.45) is 1.89. The number of carbonyl (C=O) groups excluding carboxylic acids is 1. The quantitative estimate of drug-likeness (QED) is 0.626. The highest BCUT2D eigenvalue weighted by molar-refractivity contribution is 6.06. The second-order valence-corrected chi connectivity index (χ2v) is 6.01. The molecule has 0 aliphatic carbocycles. The van der Waals surface area contributed by atoms with Gasteiger partial charge in [-0.3, -0.25) is 14.2 Å². The van der Waals surface area contributed by atoms with Crippen LogP contribution in [0.15, 0.2) is 54.7 Å². The molecule has 0 saturated carbocycles. The topological polar surface area (TPSA) is 72.2 Å². The highest BCUT2D eigenvalue weighted by Crippen LogP contribution is 2.19. The first-order valence-corrected chi connectivity index (χ1v) is 8.10. The molecule has 0 fully saturated rings. The Bertz CT molecular complexity index is 1090. The Morgan fingerprint density at radius 3 is 2.80 bits per heavy atom. The first-order chi connectivity index (χ1) is 12.1. The van der Waals surface area contributed by atoms with Gasteiger partial charge < -0.3 is 5.32 Å². The van der Waals surface area contributed by atoms with Crippen molar-refractivity contribution in [2.75, 3.05) is 0 Å². The molecule has 0 bridgehead atoms. The molecule has 4 rings (SSSR count). The van der Waals surface area contributed by atoms with Crippen molar-refractivity contribution < 1.29 is 4.79 Å². The number of para-hydroxylation sites is 1. The molecule has 1 aromatic carbocycles. The largest absolute Gasteiger partial charge is 0.342 e. The van der Waals surface area contributed by atoms with Crippen LogP contribution in [0.25, 0.3) is 16.6 Å². The number of pyridine rings is 2. The van der Waals surface area contributed by atoms with Gasteiger partial charge >= 0.3 is 0 Å². The molecule has 3 aromatic heterocycles. The SMILES string of the molecule is Cc1cc(C(=O)N[C@H](C)c2nnc3ccccn23)c2ccccc2n1. The van der Waals surface area contributed by atoms with Crippen LogP contribution in [0.4, 0.5) is 0 Å². The Kier molecular flexibility index (Phi) is 3.65. The smallest absolute Gasteiger partial charge is 0.252 e. The zero-order chi connectivity index (χ0) is 17.4. The monoisotopic (exact) mass is 331 g/mol. The van der Waals surface area contributed by atoms with Crippen molar-refractivity contribution in [3.8, 4) is 0 Å². The summed E-state index contributed by atoms with van der Waals surface area (Å²) in [6.45, 7) is 3.79. The second kappa shape index (κ2) is 5.98. The van der Waals surface area contributed by atoms with E-state index in [9.17, 15) is 4.79 Å². The number of rotatable bonds is 3. The summed E-state index contributed by atoms with van der Waals surface area (Å²) in [4.78, 5) is 17.3. The van der Waals surface area contributed by atoms with Crippen molar-refractivity contribution in [1.29, 1.82) is 0 Å². The van der Waals surface area contributed by atoms with E-state index in [1.165, 1.54) is 0 Å². The third kappa shape index (κ3) is 2.71. The predicted octanol–water partition coefficient (Wildman–Crippen LogP) is 3.08. The molecular weight excluding hydrogens is 314 g/mol. The predicted molar refractivity (Wildman–Crippen MR) is 95.3 cm³/mol. The molecule has 1 amide bonds.